The van der Waals surface area contributed by atoms with Crippen molar-refractivity contribution in [1.82, 2.24) is 10.3 Å². The molecule has 0 spiro atoms. The van der Waals surface area contributed by atoms with Crippen molar-refractivity contribution < 1.29 is 14.0 Å². The minimum Gasteiger partial charge on any atom is -0.462 e. The number of rotatable bonds is 7. The average Bonchev–Trinajstić information content (AvgIpc) is 3.50. The summed E-state index contributed by atoms with van der Waals surface area (Å²) >= 11 is 1.27. The highest BCUT2D eigenvalue weighted by molar-refractivity contribution is 7.17. The van der Waals surface area contributed by atoms with Crippen molar-refractivity contribution >= 4 is 34.6 Å². The van der Waals surface area contributed by atoms with Gasteiger partial charge in [0.1, 0.15) is 4.88 Å². The number of anilines is 2. The van der Waals surface area contributed by atoms with Gasteiger partial charge in [-0.25, -0.2) is 9.78 Å². The fourth-order valence-electron chi connectivity index (χ4n) is 2.94. The number of carbonyl (C=O) groups is 2. The minimum absolute atomic E-state index is 0.274. The Hall–Kier alpha value is -4.17. The van der Waals surface area contributed by atoms with Crippen LogP contribution in [0.5, 0.6) is 0 Å². The van der Waals surface area contributed by atoms with Crippen LogP contribution in [0.3, 0.4) is 0 Å². The summed E-state index contributed by atoms with van der Waals surface area (Å²) in [6.07, 6.45) is 3.17. The first-order chi connectivity index (χ1) is 15.6. The smallest absolute Gasteiger partial charge is 0.319 e. The summed E-state index contributed by atoms with van der Waals surface area (Å²) in [5.41, 5.74) is 2.64. The molecule has 0 radical (unpaired) electrons. The van der Waals surface area contributed by atoms with E-state index in [0.29, 0.717) is 39.3 Å². The van der Waals surface area contributed by atoms with Crippen LogP contribution < -0.4 is 16.0 Å². The molecule has 4 aromatic rings. The summed E-state index contributed by atoms with van der Waals surface area (Å²) in [6.45, 7) is 3.93. The van der Waals surface area contributed by atoms with Gasteiger partial charge in [-0.3, -0.25) is 4.79 Å². The second kappa shape index (κ2) is 9.76. The normalized spacial score (nSPS) is 10.4. The molecule has 2 aromatic heterocycles. The van der Waals surface area contributed by atoms with Crippen molar-refractivity contribution in [3.8, 4) is 22.0 Å². The second-order valence-corrected chi connectivity index (χ2v) is 7.69. The van der Waals surface area contributed by atoms with E-state index in [1.165, 1.54) is 11.3 Å². The van der Waals surface area contributed by atoms with Crippen LogP contribution in [-0.2, 0) is 0 Å². The maximum Gasteiger partial charge on any atom is 0.319 e. The van der Waals surface area contributed by atoms with Gasteiger partial charge < -0.3 is 20.4 Å². The average molecular weight is 445 g/mol. The van der Waals surface area contributed by atoms with Gasteiger partial charge in [0, 0.05) is 23.5 Å². The number of furan rings is 1. The lowest BCUT2D eigenvalue weighted by atomic mass is 10.1. The third-order valence-corrected chi connectivity index (χ3v) is 5.49. The van der Waals surface area contributed by atoms with Crippen LogP contribution in [0.4, 0.5) is 16.2 Å². The fraction of sp³-hybridized carbons (Fsp3) is 0.0417. The molecule has 0 fully saturated rings. The number of amides is 3. The Bertz CT molecular complexity index is 1220. The number of hydrogen-bond donors (Lipinski definition) is 3. The van der Waals surface area contributed by atoms with Crippen LogP contribution in [0.15, 0.2) is 90.1 Å². The van der Waals surface area contributed by atoms with Gasteiger partial charge in [0.05, 0.1) is 12.0 Å². The highest BCUT2D eigenvalue weighted by Gasteiger charge is 2.21. The second-order valence-electron chi connectivity index (χ2n) is 6.70. The highest BCUT2D eigenvalue weighted by atomic mass is 32.1. The quantitative estimate of drug-likeness (QED) is 0.322. The van der Waals surface area contributed by atoms with E-state index in [0.717, 1.165) is 5.56 Å². The van der Waals surface area contributed by atoms with Gasteiger partial charge in [0.15, 0.2) is 10.8 Å². The zero-order chi connectivity index (χ0) is 22.3. The Balaban J connectivity index is 1.54. The van der Waals surface area contributed by atoms with Crippen molar-refractivity contribution in [3.05, 3.63) is 90.5 Å². The molecule has 0 saturated heterocycles. The number of carbonyl (C=O) groups excluding carboxylic acids is 2. The number of nitrogens with zero attached hydrogens (tertiary/aromatic N) is 1. The number of thiazole rings is 1. The zero-order valence-electron chi connectivity index (χ0n) is 17.0. The molecule has 0 saturated carbocycles. The van der Waals surface area contributed by atoms with Gasteiger partial charge in [-0.15, -0.1) is 17.9 Å². The van der Waals surface area contributed by atoms with E-state index in [1.807, 2.05) is 36.4 Å². The number of aromatic nitrogens is 1. The molecule has 3 N–H and O–H groups in total. The summed E-state index contributed by atoms with van der Waals surface area (Å²) in [5.74, 6) is 0.333. The summed E-state index contributed by atoms with van der Waals surface area (Å²) in [5, 5.41) is 8.87. The van der Waals surface area contributed by atoms with E-state index in [2.05, 4.69) is 27.5 Å². The van der Waals surface area contributed by atoms with E-state index in [4.69, 9.17) is 4.42 Å². The van der Waals surface area contributed by atoms with E-state index < -0.39 is 0 Å². The van der Waals surface area contributed by atoms with E-state index in [1.54, 1.807) is 42.7 Å². The van der Waals surface area contributed by atoms with Crippen molar-refractivity contribution in [2.24, 2.45) is 0 Å². The molecule has 8 heteroatoms. The first-order valence-corrected chi connectivity index (χ1v) is 10.6. The number of urea groups is 1. The first kappa shape index (κ1) is 21.1. The molecule has 160 valence electrons. The van der Waals surface area contributed by atoms with Crippen LogP contribution in [0.25, 0.3) is 22.0 Å². The van der Waals surface area contributed by atoms with Gasteiger partial charge in [-0.2, -0.15) is 0 Å². The molecule has 7 nitrogen and oxygen atoms in total. The molecule has 0 bridgehead atoms. The van der Waals surface area contributed by atoms with E-state index in [-0.39, 0.29) is 11.9 Å². The topological polar surface area (TPSA) is 96.3 Å². The monoisotopic (exact) mass is 444 g/mol. The van der Waals surface area contributed by atoms with Crippen molar-refractivity contribution in [1.29, 1.82) is 0 Å². The summed E-state index contributed by atoms with van der Waals surface area (Å²) in [4.78, 5) is 30.0. The van der Waals surface area contributed by atoms with Gasteiger partial charge in [-0.05, 0) is 36.4 Å². The maximum atomic E-state index is 13.1. The first-order valence-electron chi connectivity index (χ1n) is 9.81. The van der Waals surface area contributed by atoms with Crippen molar-refractivity contribution in [3.63, 3.8) is 0 Å². The van der Waals surface area contributed by atoms with Crippen molar-refractivity contribution in [2.75, 3.05) is 17.2 Å². The summed E-state index contributed by atoms with van der Waals surface area (Å²) in [6, 6.07) is 19.7. The van der Waals surface area contributed by atoms with Crippen molar-refractivity contribution in [2.45, 2.75) is 0 Å². The van der Waals surface area contributed by atoms with Crippen LogP contribution >= 0.6 is 11.3 Å². The molecule has 2 heterocycles. The highest BCUT2D eigenvalue weighted by Crippen LogP contribution is 2.34. The Morgan fingerprint density at radius 2 is 1.69 bits per heavy atom. The number of hydrogen-bond acceptors (Lipinski definition) is 5. The Labute approximate surface area is 188 Å². The predicted octanol–water partition coefficient (Wildman–Crippen LogP) is 5.63. The van der Waals surface area contributed by atoms with Crippen LogP contribution in [-0.4, -0.2) is 23.5 Å². The summed E-state index contributed by atoms with van der Waals surface area (Å²) in [7, 11) is 0. The molecule has 0 unspecified atom stereocenters. The minimum atomic E-state index is -0.329. The third-order valence-electron chi connectivity index (χ3n) is 4.42. The largest absolute Gasteiger partial charge is 0.462 e. The SMILES string of the molecule is C=CCNC(=O)Nc1ccc(NC(=O)c2sc(-c3ccco3)nc2-c2ccccc2)cc1. The van der Waals surface area contributed by atoms with Gasteiger partial charge in [0.2, 0.25) is 0 Å². The Morgan fingerprint density at radius 3 is 2.34 bits per heavy atom. The molecule has 0 aliphatic carbocycles. The predicted molar refractivity (Wildman–Crippen MR) is 127 cm³/mol. The molecule has 3 amide bonds. The van der Waals surface area contributed by atoms with E-state index >= 15 is 0 Å². The van der Waals surface area contributed by atoms with Gasteiger partial charge >= 0.3 is 6.03 Å². The van der Waals surface area contributed by atoms with Crippen LogP contribution in [0, 0.1) is 0 Å². The third kappa shape index (κ3) is 4.93. The maximum absolute atomic E-state index is 13.1. The Morgan fingerprint density at radius 1 is 0.969 bits per heavy atom. The van der Waals surface area contributed by atoms with Gasteiger partial charge in [0.25, 0.3) is 5.91 Å². The molecule has 0 aliphatic heterocycles. The molecule has 0 aliphatic rings. The van der Waals surface area contributed by atoms with E-state index in [9.17, 15) is 9.59 Å². The fourth-order valence-corrected chi connectivity index (χ4v) is 3.89. The Kier molecular flexibility index (Phi) is 6.43. The molecule has 2 aromatic carbocycles. The van der Waals surface area contributed by atoms with Crippen LogP contribution in [0.2, 0.25) is 0 Å². The molecule has 0 atom stereocenters. The summed E-state index contributed by atoms with van der Waals surface area (Å²) < 4.78 is 5.46. The van der Waals surface area contributed by atoms with Gasteiger partial charge in [-0.1, -0.05) is 36.4 Å². The zero-order valence-corrected chi connectivity index (χ0v) is 17.8. The lowest BCUT2D eigenvalue weighted by molar-refractivity contribution is 0.103. The molecule has 32 heavy (non-hydrogen) atoms. The van der Waals surface area contributed by atoms with Crippen LogP contribution in [0.1, 0.15) is 9.67 Å². The molecular weight excluding hydrogens is 424 g/mol. The number of nitrogens with one attached hydrogen (secondary N) is 3. The lowest BCUT2D eigenvalue weighted by Crippen LogP contribution is -2.28. The standard InChI is InChI=1S/C24H20N4O3S/c1-2-14-25-24(30)27-18-12-10-17(11-13-18)26-22(29)21-20(16-7-4-3-5-8-16)28-23(32-21)19-9-6-15-31-19/h2-13,15H,1,14H2,(H,26,29)(H2,25,27,30). The molecule has 4 rings (SSSR count). The lowest BCUT2D eigenvalue weighted by Gasteiger charge is -2.08. The molecular formula is C24H20N4O3S. The number of benzene rings is 2.